The molecule has 0 aliphatic carbocycles. The van der Waals surface area contributed by atoms with Crippen LogP contribution in [0.1, 0.15) is 0 Å². The van der Waals surface area contributed by atoms with Crippen molar-refractivity contribution < 1.29 is 4.74 Å². The van der Waals surface area contributed by atoms with Crippen LogP contribution in [0.3, 0.4) is 0 Å². The van der Waals surface area contributed by atoms with Crippen molar-refractivity contribution in [2.75, 3.05) is 18.5 Å². The van der Waals surface area contributed by atoms with E-state index in [-0.39, 0.29) is 0 Å². The van der Waals surface area contributed by atoms with Crippen molar-refractivity contribution >= 4 is 32.4 Å². The summed E-state index contributed by atoms with van der Waals surface area (Å²) < 4.78 is 6.87. The summed E-state index contributed by atoms with van der Waals surface area (Å²) in [6.45, 7) is 1.38. The van der Waals surface area contributed by atoms with Crippen LogP contribution in [0.15, 0.2) is 71.2 Å². The second-order valence-corrected chi connectivity index (χ2v) is 5.53. The number of ether oxygens (including phenoxy) is 1. The summed E-state index contributed by atoms with van der Waals surface area (Å²) in [6, 6.07) is 22.5. The molecule has 3 rings (SSSR count). The quantitative estimate of drug-likeness (QED) is 0.652. The number of benzene rings is 3. The predicted octanol–water partition coefficient (Wildman–Crippen LogP) is 5.09. The molecule has 21 heavy (non-hydrogen) atoms. The van der Waals surface area contributed by atoms with E-state index < -0.39 is 0 Å². The monoisotopic (exact) mass is 341 g/mol. The summed E-state index contributed by atoms with van der Waals surface area (Å²) in [5, 5.41) is 5.71. The molecule has 0 aromatic heterocycles. The second kappa shape index (κ2) is 6.64. The molecule has 0 atom stereocenters. The van der Waals surface area contributed by atoms with E-state index in [1.807, 2.05) is 48.5 Å². The lowest BCUT2D eigenvalue weighted by atomic mass is 10.1. The van der Waals surface area contributed by atoms with Gasteiger partial charge < -0.3 is 10.1 Å². The van der Waals surface area contributed by atoms with Crippen LogP contribution in [0, 0.1) is 0 Å². The maximum absolute atomic E-state index is 5.86. The molecule has 0 amide bonds. The van der Waals surface area contributed by atoms with Gasteiger partial charge >= 0.3 is 0 Å². The summed E-state index contributed by atoms with van der Waals surface area (Å²) in [5.74, 6) is 0.878. The van der Waals surface area contributed by atoms with Gasteiger partial charge in [0.25, 0.3) is 0 Å². The minimum absolute atomic E-state index is 0.617. The Hall–Kier alpha value is -2.00. The van der Waals surface area contributed by atoms with Gasteiger partial charge in [-0.15, -0.1) is 0 Å². The molecule has 3 aromatic rings. The average molecular weight is 342 g/mol. The van der Waals surface area contributed by atoms with Crippen LogP contribution in [0.5, 0.6) is 5.75 Å². The number of para-hydroxylation sites is 1. The Morgan fingerprint density at radius 3 is 2.48 bits per heavy atom. The average Bonchev–Trinajstić information content (AvgIpc) is 2.55. The molecule has 0 radical (unpaired) electrons. The van der Waals surface area contributed by atoms with E-state index in [1.165, 1.54) is 10.8 Å². The van der Waals surface area contributed by atoms with Crippen LogP contribution < -0.4 is 10.1 Å². The maximum Gasteiger partial charge on any atom is 0.134 e. The van der Waals surface area contributed by atoms with Crippen molar-refractivity contribution in [3.8, 4) is 5.75 Å². The molecule has 3 aromatic carbocycles. The van der Waals surface area contributed by atoms with Crippen molar-refractivity contribution in [1.29, 1.82) is 0 Å². The van der Waals surface area contributed by atoms with Crippen LogP contribution >= 0.6 is 15.9 Å². The lowest BCUT2D eigenvalue weighted by Crippen LogP contribution is -2.11. The van der Waals surface area contributed by atoms with E-state index >= 15 is 0 Å². The third-order valence-electron chi connectivity index (χ3n) is 3.29. The summed E-state index contributed by atoms with van der Waals surface area (Å²) in [4.78, 5) is 0. The largest absolute Gasteiger partial charge is 0.491 e. The molecule has 106 valence electrons. The number of halogens is 1. The van der Waals surface area contributed by atoms with Gasteiger partial charge in [0.2, 0.25) is 0 Å². The Morgan fingerprint density at radius 1 is 0.857 bits per heavy atom. The zero-order valence-corrected chi connectivity index (χ0v) is 13.1. The molecule has 0 spiro atoms. The lowest BCUT2D eigenvalue weighted by molar-refractivity contribution is 0.331. The van der Waals surface area contributed by atoms with Gasteiger partial charge in [0.15, 0.2) is 0 Å². The van der Waals surface area contributed by atoms with Gasteiger partial charge in [0.05, 0.1) is 4.47 Å². The van der Waals surface area contributed by atoms with Gasteiger partial charge in [-0.3, -0.25) is 0 Å². The number of rotatable bonds is 5. The van der Waals surface area contributed by atoms with Crippen LogP contribution in [-0.4, -0.2) is 13.2 Å². The fraction of sp³-hybridized carbons (Fsp3) is 0.111. The summed E-state index contributed by atoms with van der Waals surface area (Å²) in [7, 11) is 0. The Balaban J connectivity index is 1.62. The van der Waals surface area contributed by atoms with E-state index in [0.717, 1.165) is 22.5 Å². The van der Waals surface area contributed by atoms with Crippen molar-refractivity contribution in [2.45, 2.75) is 0 Å². The molecule has 0 heterocycles. The van der Waals surface area contributed by atoms with Crippen molar-refractivity contribution in [2.24, 2.45) is 0 Å². The molecule has 0 fully saturated rings. The summed E-state index contributed by atoms with van der Waals surface area (Å²) in [5.41, 5.74) is 1.11. The third-order valence-corrected chi connectivity index (χ3v) is 4.11. The number of nitrogens with one attached hydrogen (secondary N) is 1. The number of anilines is 1. The molecule has 0 unspecified atom stereocenters. The summed E-state index contributed by atoms with van der Waals surface area (Å²) >= 11 is 3.63. The SMILES string of the molecule is Brc1c(OCCNc2ccccc2)ccc2ccccc12. The second-order valence-electron chi connectivity index (χ2n) is 4.74. The Kier molecular flexibility index (Phi) is 4.41. The van der Waals surface area contributed by atoms with E-state index in [1.54, 1.807) is 0 Å². The summed E-state index contributed by atoms with van der Waals surface area (Å²) in [6.07, 6.45) is 0. The molecule has 0 aliphatic rings. The van der Waals surface area contributed by atoms with Crippen molar-refractivity contribution in [3.63, 3.8) is 0 Å². The van der Waals surface area contributed by atoms with Crippen molar-refractivity contribution in [1.82, 2.24) is 0 Å². The van der Waals surface area contributed by atoms with E-state index in [0.29, 0.717) is 6.61 Å². The van der Waals surface area contributed by atoms with Gasteiger partial charge in [-0.05, 0) is 44.9 Å². The van der Waals surface area contributed by atoms with Crippen LogP contribution in [0.4, 0.5) is 5.69 Å². The zero-order chi connectivity index (χ0) is 14.5. The normalized spacial score (nSPS) is 10.5. The molecule has 2 nitrogen and oxygen atoms in total. The van der Waals surface area contributed by atoms with Gasteiger partial charge in [-0.1, -0.05) is 48.5 Å². The van der Waals surface area contributed by atoms with Crippen LogP contribution in [0.25, 0.3) is 10.8 Å². The molecule has 0 saturated heterocycles. The number of fused-ring (bicyclic) bond motifs is 1. The highest BCUT2D eigenvalue weighted by Gasteiger charge is 2.05. The first-order valence-electron chi connectivity index (χ1n) is 6.93. The molecule has 0 bridgehead atoms. The number of hydrogen-bond acceptors (Lipinski definition) is 2. The Morgan fingerprint density at radius 2 is 1.62 bits per heavy atom. The molecular formula is C18H16BrNO. The highest BCUT2D eigenvalue weighted by Crippen LogP contribution is 2.32. The molecule has 3 heteroatoms. The molecule has 0 aliphatic heterocycles. The fourth-order valence-corrected chi connectivity index (χ4v) is 2.85. The van der Waals surface area contributed by atoms with Crippen molar-refractivity contribution in [3.05, 3.63) is 71.2 Å². The van der Waals surface area contributed by atoms with Crippen LogP contribution in [-0.2, 0) is 0 Å². The van der Waals surface area contributed by atoms with Gasteiger partial charge in [-0.25, -0.2) is 0 Å². The van der Waals surface area contributed by atoms with E-state index in [2.05, 4.69) is 39.4 Å². The minimum atomic E-state index is 0.617. The number of hydrogen-bond donors (Lipinski definition) is 1. The standard InChI is InChI=1S/C18H16BrNO/c19-18-16-9-5-4-6-14(16)10-11-17(18)21-13-12-20-15-7-2-1-3-8-15/h1-11,20H,12-13H2. The molecular weight excluding hydrogens is 326 g/mol. The third kappa shape index (κ3) is 3.37. The Bertz CT molecular complexity index is 728. The first-order valence-corrected chi connectivity index (χ1v) is 7.73. The molecule has 1 N–H and O–H groups in total. The van der Waals surface area contributed by atoms with E-state index in [9.17, 15) is 0 Å². The highest BCUT2D eigenvalue weighted by atomic mass is 79.9. The Labute approximate surface area is 132 Å². The predicted molar refractivity (Wildman–Crippen MR) is 92.1 cm³/mol. The lowest BCUT2D eigenvalue weighted by Gasteiger charge is -2.11. The fourth-order valence-electron chi connectivity index (χ4n) is 2.24. The smallest absolute Gasteiger partial charge is 0.134 e. The van der Waals surface area contributed by atoms with Gasteiger partial charge in [-0.2, -0.15) is 0 Å². The van der Waals surface area contributed by atoms with E-state index in [4.69, 9.17) is 4.74 Å². The first-order chi connectivity index (χ1) is 10.3. The van der Waals surface area contributed by atoms with Gasteiger partial charge in [0.1, 0.15) is 12.4 Å². The minimum Gasteiger partial charge on any atom is -0.491 e. The molecule has 0 saturated carbocycles. The van der Waals surface area contributed by atoms with Gasteiger partial charge in [0, 0.05) is 12.2 Å². The maximum atomic E-state index is 5.86. The highest BCUT2D eigenvalue weighted by molar-refractivity contribution is 9.10. The zero-order valence-electron chi connectivity index (χ0n) is 11.6. The topological polar surface area (TPSA) is 21.3 Å². The van der Waals surface area contributed by atoms with Crippen LogP contribution in [0.2, 0.25) is 0 Å². The first kappa shape index (κ1) is 14.0.